The molecule has 0 N–H and O–H groups in total. The van der Waals surface area contributed by atoms with Crippen LogP contribution in [0.4, 0.5) is 0 Å². The minimum Gasteiger partial charge on any atom is -0.264 e. The van der Waals surface area contributed by atoms with E-state index in [-0.39, 0.29) is 0 Å². The molecule has 0 radical (unpaired) electrons. The fourth-order valence-electron chi connectivity index (χ4n) is 2.68. The molecule has 0 aliphatic carbocycles. The van der Waals surface area contributed by atoms with E-state index in [0.29, 0.717) is 0 Å². The third kappa shape index (κ3) is 2.73. The Labute approximate surface area is 139 Å². The number of hydrogen-bond acceptors (Lipinski definition) is 4. The average Bonchev–Trinajstić information content (AvgIpc) is 3.23. The van der Waals surface area contributed by atoms with E-state index < -0.39 is 0 Å². The normalized spacial score (nSPS) is 13.8. The van der Waals surface area contributed by atoms with Crippen molar-refractivity contribution in [1.29, 1.82) is 0 Å². The number of benzene rings is 1. The van der Waals surface area contributed by atoms with Gasteiger partial charge in [0.25, 0.3) is 0 Å². The van der Waals surface area contributed by atoms with Crippen molar-refractivity contribution in [3.05, 3.63) is 77.2 Å². The first-order chi connectivity index (χ1) is 11.3. The molecular formula is C19H15N3S. The van der Waals surface area contributed by atoms with Gasteiger partial charge in [-0.3, -0.25) is 9.98 Å². The lowest BCUT2D eigenvalue weighted by Gasteiger charge is -2.02. The van der Waals surface area contributed by atoms with Gasteiger partial charge in [-0.05, 0) is 18.6 Å². The zero-order valence-electron chi connectivity index (χ0n) is 12.7. The Morgan fingerprint density at radius 2 is 1.83 bits per heavy atom. The van der Waals surface area contributed by atoms with Gasteiger partial charge in [0.15, 0.2) is 0 Å². The second-order valence-electron chi connectivity index (χ2n) is 5.45. The molecule has 0 unspecified atom stereocenters. The van der Waals surface area contributed by atoms with Crippen molar-refractivity contribution in [2.45, 2.75) is 13.3 Å². The molecule has 23 heavy (non-hydrogen) atoms. The summed E-state index contributed by atoms with van der Waals surface area (Å²) in [7, 11) is 0. The molecule has 1 aliphatic rings. The van der Waals surface area contributed by atoms with E-state index in [2.05, 4.69) is 35.1 Å². The molecule has 2 aromatic heterocycles. The number of allylic oxidation sites excluding steroid dienone is 1. The average molecular weight is 317 g/mol. The lowest BCUT2D eigenvalue weighted by Crippen LogP contribution is -1.98. The maximum absolute atomic E-state index is 4.74. The predicted molar refractivity (Wildman–Crippen MR) is 95.7 cm³/mol. The Morgan fingerprint density at radius 1 is 1.00 bits per heavy atom. The Balaban J connectivity index is 1.60. The van der Waals surface area contributed by atoms with Crippen LogP contribution >= 0.6 is 11.3 Å². The lowest BCUT2D eigenvalue weighted by molar-refractivity contribution is 1.25. The Bertz CT molecular complexity index is 893. The predicted octanol–water partition coefficient (Wildman–Crippen LogP) is 4.75. The molecule has 0 atom stereocenters. The molecule has 3 nitrogen and oxygen atoms in total. The van der Waals surface area contributed by atoms with Crippen LogP contribution < -0.4 is 0 Å². The molecular weight excluding hydrogens is 302 g/mol. The van der Waals surface area contributed by atoms with E-state index >= 15 is 0 Å². The highest BCUT2D eigenvalue weighted by molar-refractivity contribution is 7.16. The number of aromatic nitrogens is 2. The van der Waals surface area contributed by atoms with Crippen LogP contribution in [-0.2, 0) is 0 Å². The van der Waals surface area contributed by atoms with Crippen LogP contribution in [0.2, 0.25) is 0 Å². The summed E-state index contributed by atoms with van der Waals surface area (Å²) in [5.41, 5.74) is 5.63. The van der Waals surface area contributed by atoms with E-state index in [1.807, 2.05) is 36.7 Å². The van der Waals surface area contributed by atoms with Crippen molar-refractivity contribution in [2.24, 2.45) is 4.99 Å². The van der Waals surface area contributed by atoms with E-state index in [4.69, 9.17) is 4.98 Å². The van der Waals surface area contributed by atoms with Crippen LogP contribution in [0.15, 0.2) is 66.1 Å². The summed E-state index contributed by atoms with van der Waals surface area (Å²) in [6.45, 7) is 2.07. The highest BCUT2D eigenvalue weighted by Gasteiger charge is 2.19. The number of nitrogens with zero attached hydrogens (tertiary/aromatic N) is 3. The van der Waals surface area contributed by atoms with Crippen LogP contribution in [0.3, 0.4) is 0 Å². The van der Waals surface area contributed by atoms with Crippen LogP contribution in [0, 0.1) is 6.92 Å². The molecule has 112 valence electrons. The van der Waals surface area contributed by atoms with Crippen LogP contribution in [0.5, 0.6) is 0 Å². The molecule has 0 spiro atoms. The van der Waals surface area contributed by atoms with Gasteiger partial charge in [-0.25, -0.2) is 4.98 Å². The first-order valence-electron chi connectivity index (χ1n) is 7.50. The summed E-state index contributed by atoms with van der Waals surface area (Å²) in [6, 6.07) is 14.3. The van der Waals surface area contributed by atoms with Gasteiger partial charge in [-0.2, -0.15) is 0 Å². The zero-order valence-corrected chi connectivity index (χ0v) is 13.5. The molecule has 0 amide bonds. The number of aliphatic imine (C=N–C) groups is 1. The van der Waals surface area contributed by atoms with Crippen molar-refractivity contribution in [3.8, 4) is 10.6 Å². The molecule has 0 saturated heterocycles. The van der Waals surface area contributed by atoms with Crippen LogP contribution in [-0.4, -0.2) is 15.7 Å². The Kier molecular flexibility index (Phi) is 3.60. The third-order valence-corrected chi connectivity index (χ3v) is 5.12. The van der Waals surface area contributed by atoms with E-state index in [9.17, 15) is 0 Å². The first-order valence-corrected chi connectivity index (χ1v) is 8.32. The molecule has 1 aliphatic heterocycles. The summed E-state index contributed by atoms with van der Waals surface area (Å²) in [5.74, 6) is 0. The minimum atomic E-state index is 0.836. The van der Waals surface area contributed by atoms with E-state index in [1.165, 1.54) is 16.0 Å². The molecule has 0 bridgehead atoms. The lowest BCUT2D eigenvalue weighted by atomic mass is 10.1. The van der Waals surface area contributed by atoms with Crippen molar-refractivity contribution in [1.82, 2.24) is 9.97 Å². The van der Waals surface area contributed by atoms with Crippen LogP contribution in [0.1, 0.15) is 22.6 Å². The van der Waals surface area contributed by atoms with E-state index in [0.717, 1.165) is 28.4 Å². The molecule has 4 rings (SSSR count). The second-order valence-corrected chi connectivity index (χ2v) is 6.45. The number of aryl methyl sites for hydroxylation is 1. The summed E-state index contributed by atoms with van der Waals surface area (Å²) < 4.78 is 0. The summed E-state index contributed by atoms with van der Waals surface area (Å²) in [4.78, 5) is 14.7. The maximum Gasteiger partial charge on any atom is 0.124 e. The van der Waals surface area contributed by atoms with Crippen molar-refractivity contribution < 1.29 is 0 Å². The zero-order chi connectivity index (χ0) is 15.6. The summed E-state index contributed by atoms with van der Waals surface area (Å²) in [6.07, 6.45) is 6.46. The molecule has 1 aromatic carbocycles. The number of thiazole rings is 1. The number of rotatable bonds is 3. The first kappa shape index (κ1) is 14.0. The summed E-state index contributed by atoms with van der Waals surface area (Å²) in [5, 5.41) is 1.06. The van der Waals surface area contributed by atoms with E-state index in [1.54, 1.807) is 17.5 Å². The van der Waals surface area contributed by atoms with Gasteiger partial charge in [-0.15, -0.1) is 11.3 Å². The smallest absolute Gasteiger partial charge is 0.124 e. The SMILES string of the molecule is Cc1nc(-c2ccccc2)sc1C1=CN=C(c2cccnc2)C1. The minimum absolute atomic E-state index is 0.836. The van der Waals surface area contributed by atoms with Gasteiger partial charge in [0.2, 0.25) is 0 Å². The Hall–Kier alpha value is -2.59. The second kappa shape index (κ2) is 5.89. The van der Waals surface area contributed by atoms with Gasteiger partial charge >= 0.3 is 0 Å². The molecule has 0 saturated carbocycles. The van der Waals surface area contributed by atoms with Crippen molar-refractivity contribution in [2.75, 3.05) is 0 Å². The molecule has 3 heterocycles. The highest BCUT2D eigenvalue weighted by Crippen LogP contribution is 2.36. The third-order valence-electron chi connectivity index (χ3n) is 3.84. The van der Waals surface area contributed by atoms with Gasteiger partial charge in [-0.1, -0.05) is 36.4 Å². The molecule has 0 fully saturated rings. The molecule has 4 heteroatoms. The number of hydrogen-bond donors (Lipinski definition) is 0. The topological polar surface area (TPSA) is 38.1 Å². The van der Waals surface area contributed by atoms with Crippen molar-refractivity contribution >= 4 is 22.6 Å². The quantitative estimate of drug-likeness (QED) is 0.699. The van der Waals surface area contributed by atoms with Crippen LogP contribution in [0.25, 0.3) is 16.1 Å². The largest absolute Gasteiger partial charge is 0.264 e. The highest BCUT2D eigenvalue weighted by atomic mass is 32.1. The Morgan fingerprint density at radius 3 is 2.61 bits per heavy atom. The maximum atomic E-state index is 4.74. The fraction of sp³-hybridized carbons (Fsp3) is 0.105. The van der Waals surface area contributed by atoms with Gasteiger partial charge in [0.05, 0.1) is 16.3 Å². The van der Waals surface area contributed by atoms with Gasteiger partial charge in [0.1, 0.15) is 5.01 Å². The summed E-state index contributed by atoms with van der Waals surface area (Å²) >= 11 is 1.74. The van der Waals surface area contributed by atoms with Crippen molar-refractivity contribution in [3.63, 3.8) is 0 Å². The fourth-order valence-corrected chi connectivity index (χ4v) is 3.75. The number of pyridine rings is 1. The van der Waals surface area contributed by atoms with Gasteiger partial charge < -0.3 is 0 Å². The monoisotopic (exact) mass is 317 g/mol. The molecule has 3 aromatic rings. The standard InChI is InChI=1S/C19H15N3S/c1-13-18(23-19(22-13)14-6-3-2-4-7-14)16-10-17(21-12-16)15-8-5-9-20-11-15/h2-9,11-12H,10H2,1H3. The van der Waals surface area contributed by atoms with Gasteiger partial charge in [0, 0.05) is 36.1 Å².